The number of aromatic nitrogens is 1. The molecule has 4 rings (SSSR count). The number of nitrogens with zero attached hydrogens (tertiary/aromatic N) is 2. The van der Waals surface area contributed by atoms with Gasteiger partial charge in [0.05, 0.1) is 12.6 Å². The third-order valence-electron chi connectivity index (χ3n) is 5.84. The van der Waals surface area contributed by atoms with Gasteiger partial charge in [-0.15, -0.1) is 0 Å². The van der Waals surface area contributed by atoms with Crippen LogP contribution in [0.15, 0.2) is 45.6 Å². The molecule has 1 atom stereocenters. The summed E-state index contributed by atoms with van der Waals surface area (Å²) >= 11 is 0. The molecule has 1 unspecified atom stereocenters. The SMILES string of the molecule is CCC1CN(c2ccc(C)c(OC)c2)CCN1C(=O)C(=O)Nc1ccc2[nH]c(=O)oc2c1. The summed E-state index contributed by atoms with van der Waals surface area (Å²) in [6, 6.07) is 10.7. The first-order valence-corrected chi connectivity index (χ1v) is 10.5. The van der Waals surface area contributed by atoms with Crippen molar-refractivity contribution in [2.75, 3.05) is 37.0 Å². The maximum absolute atomic E-state index is 12.9. The normalized spacial score (nSPS) is 16.3. The van der Waals surface area contributed by atoms with Gasteiger partial charge in [-0.3, -0.25) is 14.6 Å². The molecule has 2 aromatic carbocycles. The van der Waals surface area contributed by atoms with Gasteiger partial charge in [-0.1, -0.05) is 13.0 Å². The molecule has 0 aliphatic carbocycles. The fourth-order valence-corrected chi connectivity index (χ4v) is 4.05. The number of benzene rings is 2. The van der Waals surface area contributed by atoms with E-state index in [1.807, 2.05) is 32.0 Å². The molecule has 1 aliphatic heterocycles. The molecule has 3 aromatic rings. The monoisotopic (exact) mass is 438 g/mol. The van der Waals surface area contributed by atoms with E-state index in [-0.39, 0.29) is 6.04 Å². The number of carbonyl (C=O) groups excluding carboxylic acids is 2. The van der Waals surface area contributed by atoms with Crippen molar-refractivity contribution in [3.63, 3.8) is 0 Å². The molecule has 0 bridgehead atoms. The fourth-order valence-electron chi connectivity index (χ4n) is 4.05. The Balaban J connectivity index is 1.45. The Morgan fingerprint density at radius 3 is 2.78 bits per heavy atom. The molecule has 1 saturated heterocycles. The van der Waals surface area contributed by atoms with Crippen molar-refractivity contribution in [3.8, 4) is 5.75 Å². The quantitative estimate of drug-likeness (QED) is 0.606. The maximum atomic E-state index is 12.9. The number of oxazole rings is 1. The molecule has 168 valence electrons. The van der Waals surface area contributed by atoms with Crippen molar-refractivity contribution in [1.29, 1.82) is 0 Å². The third kappa shape index (κ3) is 4.18. The number of hydrogen-bond acceptors (Lipinski definition) is 6. The molecule has 9 nitrogen and oxygen atoms in total. The first-order chi connectivity index (χ1) is 15.4. The van der Waals surface area contributed by atoms with Gasteiger partial charge < -0.3 is 24.3 Å². The summed E-state index contributed by atoms with van der Waals surface area (Å²) in [5, 5.41) is 2.61. The molecular weight excluding hydrogens is 412 g/mol. The van der Waals surface area contributed by atoms with Gasteiger partial charge >= 0.3 is 17.6 Å². The number of carbonyl (C=O) groups is 2. The van der Waals surface area contributed by atoms with Gasteiger partial charge in [0.2, 0.25) is 0 Å². The first kappa shape index (κ1) is 21.5. The van der Waals surface area contributed by atoms with E-state index in [0.717, 1.165) is 23.4 Å². The van der Waals surface area contributed by atoms with E-state index in [1.165, 1.54) is 6.07 Å². The van der Waals surface area contributed by atoms with Crippen molar-refractivity contribution in [3.05, 3.63) is 52.5 Å². The van der Waals surface area contributed by atoms with Crippen LogP contribution >= 0.6 is 0 Å². The molecule has 0 spiro atoms. The second-order valence-electron chi connectivity index (χ2n) is 7.84. The van der Waals surface area contributed by atoms with Gasteiger partial charge in [0.25, 0.3) is 0 Å². The number of hydrogen-bond donors (Lipinski definition) is 2. The van der Waals surface area contributed by atoms with Crippen LogP contribution < -0.4 is 20.7 Å². The predicted octanol–water partition coefficient (Wildman–Crippen LogP) is 2.50. The fraction of sp³-hybridized carbons (Fsp3) is 0.348. The Hall–Kier alpha value is -3.75. The summed E-state index contributed by atoms with van der Waals surface area (Å²) in [6.45, 7) is 5.68. The molecule has 2 amide bonds. The van der Waals surface area contributed by atoms with E-state index in [4.69, 9.17) is 9.15 Å². The second-order valence-corrected chi connectivity index (χ2v) is 7.84. The average molecular weight is 438 g/mol. The van der Waals surface area contributed by atoms with Crippen molar-refractivity contribution >= 4 is 34.3 Å². The lowest BCUT2D eigenvalue weighted by Gasteiger charge is -2.42. The number of nitrogens with one attached hydrogen (secondary N) is 2. The zero-order chi connectivity index (χ0) is 22.8. The molecule has 0 radical (unpaired) electrons. The third-order valence-corrected chi connectivity index (χ3v) is 5.84. The van der Waals surface area contributed by atoms with Crippen LogP contribution in [0.2, 0.25) is 0 Å². The van der Waals surface area contributed by atoms with E-state index in [9.17, 15) is 14.4 Å². The summed E-state index contributed by atoms with van der Waals surface area (Å²) in [5.74, 6) is -1.04. The molecule has 2 N–H and O–H groups in total. The van der Waals surface area contributed by atoms with Gasteiger partial charge in [-0.05, 0) is 37.1 Å². The zero-order valence-corrected chi connectivity index (χ0v) is 18.3. The van der Waals surface area contributed by atoms with E-state index in [1.54, 1.807) is 24.1 Å². The topological polar surface area (TPSA) is 108 Å². The van der Waals surface area contributed by atoms with Crippen molar-refractivity contribution < 1.29 is 18.7 Å². The lowest BCUT2D eigenvalue weighted by molar-refractivity contribution is -0.145. The van der Waals surface area contributed by atoms with Crippen molar-refractivity contribution in [1.82, 2.24) is 9.88 Å². The van der Waals surface area contributed by atoms with Crippen LogP contribution in [-0.2, 0) is 9.59 Å². The molecule has 1 aliphatic rings. The molecular formula is C23H26N4O5. The standard InChI is InChI=1S/C23H26N4O5/c1-4-16-13-26(17-7-5-14(2)19(12-17)31-3)9-10-27(16)22(29)21(28)24-15-6-8-18-20(11-15)32-23(30)25-18/h5-8,11-12,16H,4,9-10,13H2,1-3H3,(H,24,28)(H,25,30). The summed E-state index contributed by atoms with van der Waals surface area (Å²) < 4.78 is 10.4. The number of amides is 2. The number of H-pyrrole nitrogens is 1. The van der Waals surface area contributed by atoms with Crippen LogP contribution in [0.25, 0.3) is 11.1 Å². The smallest absolute Gasteiger partial charge is 0.417 e. The van der Waals surface area contributed by atoms with Crippen LogP contribution in [0.5, 0.6) is 5.75 Å². The number of methoxy groups -OCH3 is 1. The van der Waals surface area contributed by atoms with E-state index in [0.29, 0.717) is 36.4 Å². The Morgan fingerprint density at radius 1 is 1.22 bits per heavy atom. The molecule has 1 aromatic heterocycles. The summed E-state index contributed by atoms with van der Waals surface area (Å²) in [6.07, 6.45) is 0.721. The largest absolute Gasteiger partial charge is 0.496 e. The van der Waals surface area contributed by atoms with Crippen molar-refractivity contribution in [2.45, 2.75) is 26.3 Å². The van der Waals surface area contributed by atoms with Crippen LogP contribution in [0.3, 0.4) is 0 Å². The molecule has 1 fully saturated rings. The van der Waals surface area contributed by atoms with Gasteiger partial charge in [0.1, 0.15) is 5.75 Å². The Morgan fingerprint density at radius 2 is 2.03 bits per heavy atom. The lowest BCUT2D eigenvalue weighted by Crippen LogP contribution is -2.57. The maximum Gasteiger partial charge on any atom is 0.417 e. The lowest BCUT2D eigenvalue weighted by atomic mass is 10.1. The van der Waals surface area contributed by atoms with Crippen LogP contribution in [0, 0.1) is 6.92 Å². The summed E-state index contributed by atoms with van der Waals surface area (Å²) in [7, 11) is 1.65. The molecule has 0 saturated carbocycles. The highest BCUT2D eigenvalue weighted by Crippen LogP contribution is 2.27. The van der Waals surface area contributed by atoms with Gasteiger partial charge in [-0.25, -0.2) is 4.79 Å². The van der Waals surface area contributed by atoms with E-state index >= 15 is 0 Å². The van der Waals surface area contributed by atoms with Crippen LogP contribution in [0.1, 0.15) is 18.9 Å². The van der Waals surface area contributed by atoms with E-state index in [2.05, 4.69) is 15.2 Å². The number of piperazine rings is 1. The highest BCUT2D eigenvalue weighted by Gasteiger charge is 2.33. The van der Waals surface area contributed by atoms with Gasteiger partial charge in [0.15, 0.2) is 5.58 Å². The second kappa shape index (κ2) is 8.78. The number of fused-ring (bicyclic) bond motifs is 1. The van der Waals surface area contributed by atoms with E-state index < -0.39 is 17.6 Å². The minimum absolute atomic E-state index is 0.0977. The Labute approximate surface area is 184 Å². The Bertz CT molecular complexity index is 1210. The van der Waals surface area contributed by atoms with Gasteiger partial charge in [0, 0.05) is 49.2 Å². The van der Waals surface area contributed by atoms with Crippen LogP contribution in [-0.4, -0.2) is 54.5 Å². The zero-order valence-electron chi connectivity index (χ0n) is 18.3. The molecule has 9 heteroatoms. The highest BCUT2D eigenvalue weighted by atomic mass is 16.5. The number of aromatic amines is 1. The van der Waals surface area contributed by atoms with Crippen LogP contribution in [0.4, 0.5) is 11.4 Å². The minimum atomic E-state index is -0.717. The molecule has 2 heterocycles. The minimum Gasteiger partial charge on any atom is -0.496 e. The first-order valence-electron chi connectivity index (χ1n) is 10.5. The van der Waals surface area contributed by atoms with Gasteiger partial charge in [-0.2, -0.15) is 0 Å². The number of aryl methyl sites for hydroxylation is 1. The van der Waals surface area contributed by atoms with Crippen molar-refractivity contribution in [2.24, 2.45) is 0 Å². The summed E-state index contributed by atoms with van der Waals surface area (Å²) in [4.78, 5) is 43.3. The number of anilines is 2. The summed E-state index contributed by atoms with van der Waals surface area (Å²) in [5.41, 5.74) is 3.31. The molecule has 32 heavy (non-hydrogen) atoms. The number of rotatable bonds is 4. The highest BCUT2D eigenvalue weighted by molar-refractivity contribution is 6.39. The average Bonchev–Trinajstić information content (AvgIpc) is 3.17. The number of ether oxygens (including phenoxy) is 1. The Kier molecular flexibility index (Phi) is 5.89. The predicted molar refractivity (Wildman–Crippen MR) is 121 cm³/mol.